The molecule has 0 aliphatic heterocycles. The van der Waals surface area contributed by atoms with E-state index in [1.807, 2.05) is 42.8 Å². The lowest BCUT2D eigenvalue weighted by Crippen LogP contribution is -2.20. The second-order valence-corrected chi connectivity index (χ2v) is 8.06. The minimum Gasteiger partial charge on any atom is -0.312 e. The van der Waals surface area contributed by atoms with Crippen molar-refractivity contribution in [1.82, 2.24) is 20.2 Å². The van der Waals surface area contributed by atoms with E-state index in [0.29, 0.717) is 5.56 Å². The molecule has 7 heteroatoms. The quantitative estimate of drug-likeness (QED) is 0.378. The molecular formula is C22H25N5OS. The second kappa shape index (κ2) is 9.05. The molecule has 0 aliphatic rings. The van der Waals surface area contributed by atoms with Crippen LogP contribution in [0, 0.1) is 20.8 Å². The van der Waals surface area contributed by atoms with Crippen LogP contribution in [0.1, 0.15) is 45.1 Å². The van der Waals surface area contributed by atoms with Gasteiger partial charge in [-0.05, 0) is 56.5 Å². The number of nitrogens with zero attached hydrogens (tertiary/aromatic N) is 4. The normalized spacial score (nSPS) is 11.6. The van der Waals surface area contributed by atoms with Crippen molar-refractivity contribution in [2.45, 2.75) is 38.6 Å². The number of aryl methyl sites for hydroxylation is 4. The van der Waals surface area contributed by atoms with Gasteiger partial charge in [-0.1, -0.05) is 41.6 Å². The number of carbonyl (C=O) groups is 1. The number of nitrogens with one attached hydrogen (secondary N) is 1. The highest BCUT2D eigenvalue weighted by Crippen LogP contribution is 2.20. The molecule has 1 aromatic heterocycles. The molecular weight excluding hydrogens is 382 g/mol. The molecule has 0 radical (unpaired) electrons. The first kappa shape index (κ1) is 20.8. The molecule has 0 fully saturated rings. The Labute approximate surface area is 175 Å². The summed E-state index contributed by atoms with van der Waals surface area (Å²) < 4.78 is 1.88. The highest BCUT2D eigenvalue weighted by atomic mass is 32.2. The fourth-order valence-corrected chi connectivity index (χ4v) is 4.15. The van der Waals surface area contributed by atoms with Crippen LogP contribution in [0.2, 0.25) is 0 Å². The maximum Gasteiger partial charge on any atom is 0.271 e. The van der Waals surface area contributed by atoms with Crippen LogP contribution >= 0.6 is 11.8 Å². The molecule has 0 atom stereocenters. The number of amides is 1. The van der Waals surface area contributed by atoms with Gasteiger partial charge < -0.3 is 4.57 Å². The van der Waals surface area contributed by atoms with Gasteiger partial charge in [0.05, 0.1) is 5.71 Å². The maximum absolute atomic E-state index is 12.5. The first-order chi connectivity index (χ1) is 13.8. The van der Waals surface area contributed by atoms with Crippen molar-refractivity contribution in [3.05, 3.63) is 76.1 Å². The zero-order valence-electron chi connectivity index (χ0n) is 17.4. The fraction of sp³-hybridized carbons (Fsp3) is 0.273. The Balaban J connectivity index is 1.63. The van der Waals surface area contributed by atoms with E-state index in [4.69, 9.17) is 0 Å². The molecule has 6 nitrogen and oxygen atoms in total. The van der Waals surface area contributed by atoms with Gasteiger partial charge in [0.15, 0.2) is 5.16 Å². The lowest BCUT2D eigenvalue weighted by atomic mass is 9.97. The average molecular weight is 408 g/mol. The molecule has 29 heavy (non-hydrogen) atoms. The SMILES string of the molecule is C/C(=N/NC(=O)c1ccc(CSc2nncn2C)cc1)c1c(C)cc(C)cc1C. The van der Waals surface area contributed by atoms with E-state index in [1.54, 1.807) is 18.1 Å². The third-order valence-electron chi connectivity index (χ3n) is 4.62. The van der Waals surface area contributed by atoms with Crippen LogP contribution in [0.4, 0.5) is 0 Å². The largest absolute Gasteiger partial charge is 0.312 e. The number of thioether (sulfide) groups is 1. The van der Waals surface area contributed by atoms with Gasteiger partial charge in [0.1, 0.15) is 6.33 Å². The van der Waals surface area contributed by atoms with Crippen molar-refractivity contribution in [1.29, 1.82) is 0 Å². The van der Waals surface area contributed by atoms with Crippen molar-refractivity contribution in [3.63, 3.8) is 0 Å². The number of carbonyl (C=O) groups excluding carboxylic acids is 1. The van der Waals surface area contributed by atoms with Crippen molar-refractivity contribution < 1.29 is 4.79 Å². The molecule has 2 aromatic carbocycles. The minimum absolute atomic E-state index is 0.223. The van der Waals surface area contributed by atoms with Gasteiger partial charge in [0.2, 0.25) is 0 Å². The van der Waals surface area contributed by atoms with Gasteiger partial charge in [0.25, 0.3) is 5.91 Å². The van der Waals surface area contributed by atoms with E-state index >= 15 is 0 Å². The Kier molecular flexibility index (Phi) is 6.49. The van der Waals surface area contributed by atoms with E-state index in [1.165, 1.54) is 5.56 Å². The summed E-state index contributed by atoms with van der Waals surface area (Å²) in [5.74, 6) is 0.539. The van der Waals surface area contributed by atoms with E-state index in [2.05, 4.69) is 53.6 Å². The highest BCUT2D eigenvalue weighted by Gasteiger charge is 2.09. The van der Waals surface area contributed by atoms with Crippen LogP contribution in [-0.4, -0.2) is 26.4 Å². The lowest BCUT2D eigenvalue weighted by molar-refractivity contribution is 0.0955. The molecule has 0 saturated carbocycles. The molecule has 0 bridgehead atoms. The summed E-state index contributed by atoms with van der Waals surface area (Å²) >= 11 is 1.60. The molecule has 0 spiro atoms. The standard InChI is InChI=1S/C22H25N5OS/c1-14-10-15(2)20(16(3)11-14)17(4)24-25-21(28)19-8-6-18(7-9-19)12-29-22-26-23-13-27(22)5/h6-11,13H,12H2,1-5H3,(H,25,28)/b24-17-. The van der Waals surface area contributed by atoms with E-state index in [-0.39, 0.29) is 5.91 Å². The van der Waals surface area contributed by atoms with Crippen LogP contribution in [0.3, 0.4) is 0 Å². The van der Waals surface area contributed by atoms with Crippen LogP contribution in [0.5, 0.6) is 0 Å². The predicted molar refractivity (Wildman–Crippen MR) is 117 cm³/mol. The van der Waals surface area contributed by atoms with Gasteiger partial charge in [-0.2, -0.15) is 5.10 Å². The van der Waals surface area contributed by atoms with Crippen molar-refractivity contribution in [2.75, 3.05) is 0 Å². The monoisotopic (exact) mass is 407 g/mol. The molecule has 0 aliphatic carbocycles. The maximum atomic E-state index is 12.5. The van der Waals surface area contributed by atoms with Gasteiger partial charge >= 0.3 is 0 Å². The smallest absolute Gasteiger partial charge is 0.271 e. The molecule has 1 N–H and O–H groups in total. The summed E-state index contributed by atoms with van der Waals surface area (Å²) in [4.78, 5) is 12.5. The average Bonchev–Trinajstić information content (AvgIpc) is 3.09. The highest BCUT2D eigenvalue weighted by molar-refractivity contribution is 7.98. The number of hydrogen-bond acceptors (Lipinski definition) is 5. The minimum atomic E-state index is -0.223. The van der Waals surface area contributed by atoms with Crippen molar-refractivity contribution >= 4 is 23.4 Å². The Hall–Kier alpha value is -2.93. The van der Waals surface area contributed by atoms with Crippen molar-refractivity contribution in [2.24, 2.45) is 12.1 Å². The number of rotatable bonds is 6. The van der Waals surface area contributed by atoms with Crippen LogP contribution in [0.15, 0.2) is 53.0 Å². The number of benzene rings is 2. The van der Waals surface area contributed by atoms with Crippen LogP contribution in [0.25, 0.3) is 0 Å². The zero-order chi connectivity index (χ0) is 21.0. The van der Waals surface area contributed by atoms with Gasteiger partial charge in [-0.25, -0.2) is 5.43 Å². The molecule has 1 amide bonds. The zero-order valence-corrected chi connectivity index (χ0v) is 18.2. The first-order valence-electron chi connectivity index (χ1n) is 9.33. The number of aromatic nitrogens is 3. The predicted octanol–water partition coefficient (Wildman–Crippen LogP) is 4.19. The van der Waals surface area contributed by atoms with Crippen LogP contribution < -0.4 is 5.43 Å². The Bertz CT molecular complexity index is 1030. The van der Waals surface area contributed by atoms with Gasteiger partial charge in [0, 0.05) is 23.9 Å². The fourth-order valence-electron chi connectivity index (χ4n) is 3.31. The summed E-state index contributed by atoms with van der Waals surface area (Å²) in [6, 6.07) is 11.8. The Morgan fingerprint density at radius 3 is 2.38 bits per heavy atom. The third kappa shape index (κ3) is 5.12. The van der Waals surface area contributed by atoms with E-state index < -0.39 is 0 Å². The molecule has 0 unspecified atom stereocenters. The van der Waals surface area contributed by atoms with Gasteiger partial charge in [-0.3, -0.25) is 4.79 Å². The second-order valence-electron chi connectivity index (χ2n) is 7.12. The molecule has 3 rings (SSSR count). The van der Waals surface area contributed by atoms with E-state index in [9.17, 15) is 4.79 Å². The molecule has 1 heterocycles. The van der Waals surface area contributed by atoms with E-state index in [0.717, 1.165) is 38.9 Å². The number of hydrazone groups is 1. The summed E-state index contributed by atoms with van der Waals surface area (Å²) in [5.41, 5.74) is 9.76. The topological polar surface area (TPSA) is 72.2 Å². The third-order valence-corrected chi connectivity index (χ3v) is 5.72. The lowest BCUT2D eigenvalue weighted by Gasteiger charge is -2.11. The Morgan fingerprint density at radius 1 is 1.14 bits per heavy atom. The van der Waals surface area contributed by atoms with Gasteiger partial charge in [-0.15, -0.1) is 10.2 Å². The first-order valence-corrected chi connectivity index (χ1v) is 10.3. The van der Waals surface area contributed by atoms with Crippen LogP contribution in [-0.2, 0) is 12.8 Å². The molecule has 3 aromatic rings. The molecule has 150 valence electrons. The Morgan fingerprint density at radius 2 is 1.79 bits per heavy atom. The number of hydrogen-bond donors (Lipinski definition) is 1. The summed E-state index contributed by atoms with van der Waals surface area (Å²) in [5, 5.41) is 13.1. The summed E-state index contributed by atoms with van der Waals surface area (Å²) in [6.07, 6.45) is 1.68. The van der Waals surface area contributed by atoms with Crippen molar-refractivity contribution in [3.8, 4) is 0 Å². The summed E-state index contributed by atoms with van der Waals surface area (Å²) in [7, 11) is 1.91. The molecule has 0 saturated heterocycles. The summed E-state index contributed by atoms with van der Waals surface area (Å²) in [6.45, 7) is 8.12.